The molecule has 0 spiro atoms. The van der Waals surface area contributed by atoms with Gasteiger partial charge < -0.3 is 14.2 Å². The predicted octanol–water partition coefficient (Wildman–Crippen LogP) is 6.01. The van der Waals surface area contributed by atoms with Crippen molar-refractivity contribution >= 4 is 29.2 Å². The van der Waals surface area contributed by atoms with E-state index in [1.807, 2.05) is 12.1 Å². The minimum Gasteiger partial charge on any atom is -0.496 e. The minimum atomic E-state index is -0.501. The van der Waals surface area contributed by atoms with Crippen LogP contribution in [0.1, 0.15) is 41.3 Å². The smallest absolute Gasteiger partial charge is 0.338 e. The van der Waals surface area contributed by atoms with E-state index in [9.17, 15) is 4.79 Å². The summed E-state index contributed by atoms with van der Waals surface area (Å²) in [7, 11) is 2.93. The fraction of sp³-hybridized carbons (Fsp3) is 0.316. The molecule has 25 heavy (non-hydrogen) atoms. The molecule has 2 aromatic carbocycles. The number of hydrogen-bond donors (Lipinski definition) is 0. The Bertz CT molecular complexity index is 800. The van der Waals surface area contributed by atoms with Gasteiger partial charge in [-0.05, 0) is 42.7 Å². The third kappa shape index (κ3) is 4.02. The van der Waals surface area contributed by atoms with Crippen LogP contribution in [0.2, 0.25) is 10.0 Å². The summed E-state index contributed by atoms with van der Waals surface area (Å²) in [5.74, 6) is 1.43. The average molecular weight is 383 g/mol. The van der Waals surface area contributed by atoms with E-state index in [1.54, 1.807) is 20.1 Å². The average Bonchev–Trinajstić information content (AvgIpc) is 2.60. The fourth-order valence-electron chi connectivity index (χ4n) is 2.45. The lowest BCUT2D eigenvalue weighted by Gasteiger charge is -2.16. The Hall–Kier alpha value is -1.91. The van der Waals surface area contributed by atoms with Gasteiger partial charge in [0.25, 0.3) is 0 Å². The minimum absolute atomic E-state index is 0.234. The summed E-state index contributed by atoms with van der Waals surface area (Å²) in [5.41, 5.74) is 1.86. The molecular formula is C19H20Cl2O4. The summed E-state index contributed by atoms with van der Waals surface area (Å²) in [6.07, 6.45) is 0. The quantitative estimate of drug-likeness (QED) is 0.593. The fourth-order valence-corrected chi connectivity index (χ4v) is 2.99. The molecule has 4 nitrogen and oxygen atoms in total. The van der Waals surface area contributed by atoms with Crippen LogP contribution in [0.25, 0.3) is 0 Å². The zero-order chi connectivity index (χ0) is 18.7. The summed E-state index contributed by atoms with van der Waals surface area (Å²) in [5, 5.41) is 0.507. The first-order valence-corrected chi connectivity index (χ1v) is 8.48. The first kappa shape index (κ1) is 19.4. The van der Waals surface area contributed by atoms with Crippen LogP contribution >= 0.6 is 23.2 Å². The molecule has 0 saturated carbocycles. The maximum absolute atomic E-state index is 11.8. The third-order valence-corrected chi connectivity index (χ3v) is 4.60. The number of hydrogen-bond acceptors (Lipinski definition) is 4. The Kier molecular flexibility index (Phi) is 6.20. The Morgan fingerprint density at radius 3 is 2.36 bits per heavy atom. The van der Waals surface area contributed by atoms with Gasteiger partial charge in [-0.15, -0.1) is 0 Å². The van der Waals surface area contributed by atoms with E-state index in [2.05, 4.69) is 13.8 Å². The maximum Gasteiger partial charge on any atom is 0.338 e. The number of rotatable bonds is 5. The topological polar surface area (TPSA) is 44.8 Å². The van der Waals surface area contributed by atoms with Crippen molar-refractivity contribution in [1.29, 1.82) is 0 Å². The van der Waals surface area contributed by atoms with E-state index < -0.39 is 5.97 Å². The number of ether oxygens (including phenoxy) is 3. The largest absolute Gasteiger partial charge is 0.496 e. The number of halogens is 2. The zero-order valence-corrected chi connectivity index (χ0v) is 16.3. The molecule has 0 radical (unpaired) electrons. The highest BCUT2D eigenvalue weighted by atomic mass is 35.5. The summed E-state index contributed by atoms with van der Waals surface area (Å²) in [6.45, 7) is 5.85. The van der Waals surface area contributed by atoms with Crippen LogP contribution in [0.5, 0.6) is 17.2 Å². The molecule has 0 heterocycles. The molecule has 0 N–H and O–H groups in total. The van der Waals surface area contributed by atoms with Gasteiger partial charge >= 0.3 is 5.97 Å². The predicted molar refractivity (Wildman–Crippen MR) is 99.7 cm³/mol. The van der Waals surface area contributed by atoms with E-state index in [-0.39, 0.29) is 16.0 Å². The van der Waals surface area contributed by atoms with E-state index in [1.165, 1.54) is 13.2 Å². The van der Waals surface area contributed by atoms with Crippen LogP contribution < -0.4 is 9.47 Å². The molecule has 0 unspecified atom stereocenters. The maximum atomic E-state index is 11.8. The molecule has 0 saturated heterocycles. The lowest BCUT2D eigenvalue weighted by molar-refractivity contribution is 0.0600. The van der Waals surface area contributed by atoms with Crippen LogP contribution in [0.3, 0.4) is 0 Å². The van der Waals surface area contributed by atoms with Gasteiger partial charge in [-0.1, -0.05) is 37.0 Å². The summed E-state index contributed by atoms with van der Waals surface area (Å²) >= 11 is 12.7. The molecule has 0 aliphatic rings. The van der Waals surface area contributed by atoms with Gasteiger partial charge in [-0.3, -0.25) is 0 Å². The molecule has 0 aliphatic carbocycles. The molecule has 134 valence electrons. The third-order valence-electron chi connectivity index (χ3n) is 3.87. The summed E-state index contributed by atoms with van der Waals surface area (Å²) in [4.78, 5) is 11.8. The summed E-state index contributed by atoms with van der Waals surface area (Å²) < 4.78 is 16.0. The normalized spacial score (nSPS) is 10.7. The molecule has 0 amide bonds. The van der Waals surface area contributed by atoms with Crippen LogP contribution in [-0.2, 0) is 4.74 Å². The number of carbonyl (C=O) groups excluding carboxylic acids is 1. The van der Waals surface area contributed by atoms with Crippen molar-refractivity contribution in [2.45, 2.75) is 26.7 Å². The van der Waals surface area contributed by atoms with Crippen LogP contribution in [-0.4, -0.2) is 20.2 Å². The summed E-state index contributed by atoms with van der Waals surface area (Å²) in [6, 6.07) is 7.00. The van der Waals surface area contributed by atoms with E-state index in [0.29, 0.717) is 22.6 Å². The number of esters is 1. The molecule has 0 fully saturated rings. The van der Waals surface area contributed by atoms with Gasteiger partial charge in [0, 0.05) is 5.56 Å². The highest BCUT2D eigenvalue weighted by Crippen LogP contribution is 2.41. The van der Waals surface area contributed by atoms with Crippen molar-refractivity contribution in [2.75, 3.05) is 14.2 Å². The van der Waals surface area contributed by atoms with E-state index in [4.69, 9.17) is 37.4 Å². The van der Waals surface area contributed by atoms with Gasteiger partial charge in [0.2, 0.25) is 0 Å². The van der Waals surface area contributed by atoms with Crippen LogP contribution in [0, 0.1) is 6.92 Å². The van der Waals surface area contributed by atoms with Gasteiger partial charge in [0.15, 0.2) is 5.75 Å². The van der Waals surface area contributed by atoms with E-state index >= 15 is 0 Å². The first-order chi connectivity index (χ1) is 11.8. The molecule has 0 aliphatic heterocycles. The standard InChI is InChI=1S/C19H20Cl2O4/c1-10(2)13-8-12(6-7-16(13)23-4)25-18-15(20)9-14(19(22)24-5)11(3)17(18)21/h6-10H,1-5H3. The lowest BCUT2D eigenvalue weighted by Crippen LogP contribution is -2.05. The molecule has 0 atom stereocenters. The first-order valence-electron chi connectivity index (χ1n) is 7.72. The van der Waals surface area contributed by atoms with Crippen molar-refractivity contribution in [2.24, 2.45) is 0 Å². The second-order valence-corrected chi connectivity index (χ2v) is 6.61. The second kappa shape index (κ2) is 7.98. The molecular weight excluding hydrogens is 363 g/mol. The van der Waals surface area contributed by atoms with Gasteiger partial charge in [0.05, 0.1) is 29.8 Å². The molecule has 2 aromatic rings. The van der Waals surface area contributed by atoms with Crippen LogP contribution in [0.4, 0.5) is 0 Å². The molecule has 0 bridgehead atoms. The highest BCUT2D eigenvalue weighted by Gasteiger charge is 2.20. The Morgan fingerprint density at radius 2 is 1.80 bits per heavy atom. The Labute approximate surface area is 157 Å². The van der Waals surface area contributed by atoms with Crippen molar-refractivity contribution in [3.63, 3.8) is 0 Å². The van der Waals surface area contributed by atoms with Crippen molar-refractivity contribution in [3.8, 4) is 17.2 Å². The van der Waals surface area contributed by atoms with Crippen molar-refractivity contribution < 1.29 is 19.0 Å². The van der Waals surface area contributed by atoms with Gasteiger partial charge in [-0.25, -0.2) is 4.79 Å². The molecule has 2 rings (SSSR count). The number of benzene rings is 2. The van der Waals surface area contributed by atoms with E-state index in [0.717, 1.165) is 11.3 Å². The van der Waals surface area contributed by atoms with Gasteiger partial charge in [-0.2, -0.15) is 0 Å². The van der Waals surface area contributed by atoms with Crippen LogP contribution in [0.15, 0.2) is 24.3 Å². The monoisotopic (exact) mass is 382 g/mol. The zero-order valence-electron chi connectivity index (χ0n) is 14.8. The van der Waals surface area contributed by atoms with Crippen molar-refractivity contribution in [1.82, 2.24) is 0 Å². The van der Waals surface area contributed by atoms with Gasteiger partial charge in [0.1, 0.15) is 11.5 Å². The second-order valence-electron chi connectivity index (χ2n) is 5.83. The lowest BCUT2D eigenvalue weighted by atomic mass is 10.0. The molecule has 6 heteroatoms. The Balaban J connectivity index is 2.46. The molecule has 0 aromatic heterocycles. The Morgan fingerprint density at radius 1 is 1.12 bits per heavy atom. The number of carbonyl (C=O) groups is 1. The van der Waals surface area contributed by atoms with Crippen molar-refractivity contribution in [3.05, 3.63) is 51.0 Å². The SMILES string of the molecule is COC(=O)c1cc(Cl)c(Oc2ccc(OC)c(C(C)C)c2)c(Cl)c1C. The number of methoxy groups -OCH3 is 2. The highest BCUT2D eigenvalue weighted by molar-refractivity contribution is 6.38.